The lowest BCUT2D eigenvalue weighted by molar-refractivity contribution is -0.143. The Labute approximate surface area is 171 Å². The van der Waals surface area contributed by atoms with Crippen LogP contribution < -0.4 is 15.4 Å². The Bertz CT molecular complexity index is 1030. The number of methoxy groups -OCH3 is 1. The first kappa shape index (κ1) is 20.5. The molecule has 3 rings (SSSR count). The van der Waals surface area contributed by atoms with Gasteiger partial charge in [0.05, 0.1) is 12.8 Å². The molecule has 2 aromatic rings. The number of carbonyl (C=O) groups is 5. The number of carbonyl (C=O) groups excluding carboxylic acids is 5. The van der Waals surface area contributed by atoms with Crippen molar-refractivity contribution in [3.63, 3.8) is 0 Å². The van der Waals surface area contributed by atoms with Gasteiger partial charge in [0.1, 0.15) is 12.3 Å². The van der Waals surface area contributed by atoms with E-state index in [-0.39, 0.29) is 5.91 Å². The van der Waals surface area contributed by atoms with E-state index in [1.165, 1.54) is 31.4 Å². The molecule has 2 N–H and O–H groups in total. The number of anilines is 2. The minimum absolute atomic E-state index is 0.344. The Morgan fingerprint density at radius 3 is 2.20 bits per heavy atom. The standard InChI is InChI=1S/C20H18N4O6/c1-23-18(27)19(28)24(20(23)29)11-16(25)21-13-9-7-12(8-10-13)17(26)22-14-5-3-4-6-15(14)30-2/h3-10H,11H2,1-2H3,(H,21,25)(H,22,26). The molecule has 0 aliphatic carbocycles. The fraction of sp³-hybridized carbons (Fsp3) is 0.150. The summed E-state index contributed by atoms with van der Waals surface area (Å²) in [7, 11) is 2.66. The summed E-state index contributed by atoms with van der Waals surface area (Å²) in [5.41, 5.74) is 1.21. The summed E-state index contributed by atoms with van der Waals surface area (Å²) in [5.74, 6) is -2.55. The van der Waals surface area contributed by atoms with Gasteiger partial charge >= 0.3 is 17.8 Å². The number of urea groups is 1. The van der Waals surface area contributed by atoms with Crippen molar-refractivity contribution in [3.05, 3.63) is 54.1 Å². The Kier molecular flexibility index (Phi) is 5.77. The van der Waals surface area contributed by atoms with Crippen LogP contribution in [0.25, 0.3) is 0 Å². The number of likely N-dealkylation sites (N-methyl/N-ethyl adjacent to an activating group) is 1. The topological polar surface area (TPSA) is 125 Å². The molecule has 0 radical (unpaired) electrons. The van der Waals surface area contributed by atoms with Crippen molar-refractivity contribution in [2.75, 3.05) is 31.3 Å². The molecule has 1 heterocycles. The zero-order chi connectivity index (χ0) is 21.8. The molecule has 154 valence electrons. The predicted molar refractivity (Wildman–Crippen MR) is 106 cm³/mol. The number of nitrogens with zero attached hydrogens (tertiary/aromatic N) is 2. The maximum Gasteiger partial charge on any atom is 0.334 e. The Morgan fingerprint density at radius 1 is 0.933 bits per heavy atom. The van der Waals surface area contributed by atoms with Crippen LogP contribution in [0.2, 0.25) is 0 Å². The summed E-state index contributed by atoms with van der Waals surface area (Å²) in [6.07, 6.45) is 0. The monoisotopic (exact) mass is 410 g/mol. The van der Waals surface area contributed by atoms with Crippen molar-refractivity contribution >= 4 is 41.0 Å². The van der Waals surface area contributed by atoms with Gasteiger partial charge in [-0.15, -0.1) is 0 Å². The third-order valence-electron chi connectivity index (χ3n) is 4.34. The fourth-order valence-corrected chi connectivity index (χ4v) is 2.74. The van der Waals surface area contributed by atoms with Crippen molar-refractivity contribution in [1.82, 2.24) is 9.80 Å². The molecule has 1 fully saturated rings. The number of imide groups is 2. The van der Waals surface area contributed by atoms with Crippen LogP contribution in [0, 0.1) is 0 Å². The number of hydrogen-bond donors (Lipinski definition) is 2. The smallest absolute Gasteiger partial charge is 0.334 e. The lowest BCUT2D eigenvalue weighted by Gasteiger charge is -2.13. The van der Waals surface area contributed by atoms with Crippen LogP contribution in [-0.4, -0.2) is 60.2 Å². The molecule has 0 saturated carbocycles. The van der Waals surface area contributed by atoms with Gasteiger partial charge in [-0.2, -0.15) is 0 Å². The molecule has 2 aromatic carbocycles. The molecule has 0 atom stereocenters. The van der Waals surface area contributed by atoms with Crippen LogP contribution in [0.15, 0.2) is 48.5 Å². The summed E-state index contributed by atoms with van der Waals surface area (Å²) in [4.78, 5) is 60.7. The lowest BCUT2D eigenvalue weighted by atomic mass is 10.2. The van der Waals surface area contributed by atoms with E-state index >= 15 is 0 Å². The van der Waals surface area contributed by atoms with E-state index in [2.05, 4.69) is 10.6 Å². The van der Waals surface area contributed by atoms with Gasteiger partial charge in [-0.3, -0.25) is 24.1 Å². The van der Waals surface area contributed by atoms with Gasteiger partial charge < -0.3 is 15.4 Å². The second kappa shape index (κ2) is 8.43. The van der Waals surface area contributed by atoms with Crippen LogP contribution in [-0.2, 0) is 14.4 Å². The largest absolute Gasteiger partial charge is 0.495 e. The number of hydrogen-bond acceptors (Lipinski definition) is 6. The Balaban J connectivity index is 1.61. The third kappa shape index (κ3) is 4.12. The first-order valence-corrected chi connectivity index (χ1v) is 8.79. The molecule has 1 aliphatic rings. The predicted octanol–water partition coefficient (Wildman–Crippen LogP) is 1.31. The number of benzene rings is 2. The van der Waals surface area contributed by atoms with E-state index in [1.807, 2.05) is 0 Å². The molecular formula is C20H18N4O6. The zero-order valence-corrected chi connectivity index (χ0v) is 16.2. The van der Waals surface area contributed by atoms with Gasteiger partial charge in [0.15, 0.2) is 0 Å². The second-order valence-corrected chi connectivity index (χ2v) is 6.32. The number of para-hydroxylation sites is 2. The first-order chi connectivity index (χ1) is 14.3. The molecule has 0 bridgehead atoms. The van der Waals surface area contributed by atoms with Crippen molar-refractivity contribution < 1.29 is 28.7 Å². The number of ether oxygens (including phenoxy) is 1. The average Bonchev–Trinajstić information content (AvgIpc) is 2.92. The van der Waals surface area contributed by atoms with Crippen molar-refractivity contribution in [1.29, 1.82) is 0 Å². The van der Waals surface area contributed by atoms with Crippen LogP contribution in [0.4, 0.5) is 16.2 Å². The molecule has 1 saturated heterocycles. The highest BCUT2D eigenvalue weighted by molar-refractivity contribution is 6.44. The van der Waals surface area contributed by atoms with Crippen molar-refractivity contribution in [2.24, 2.45) is 0 Å². The summed E-state index contributed by atoms with van der Waals surface area (Å²) in [6.45, 7) is -0.593. The SMILES string of the molecule is COc1ccccc1NC(=O)c1ccc(NC(=O)CN2C(=O)C(=O)N(C)C2=O)cc1. The molecule has 0 unspecified atom stereocenters. The number of amides is 6. The maximum atomic E-state index is 12.4. The van der Waals surface area contributed by atoms with E-state index in [1.54, 1.807) is 24.3 Å². The molecular weight excluding hydrogens is 392 g/mol. The van der Waals surface area contributed by atoms with Crippen molar-refractivity contribution in [3.8, 4) is 5.75 Å². The molecule has 30 heavy (non-hydrogen) atoms. The van der Waals surface area contributed by atoms with Gasteiger partial charge in [-0.1, -0.05) is 12.1 Å². The molecule has 0 aromatic heterocycles. The summed E-state index contributed by atoms with van der Waals surface area (Å²) in [5, 5.41) is 5.24. The summed E-state index contributed by atoms with van der Waals surface area (Å²) in [6, 6.07) is 12.1. The highest BCUT2D eigenvalue weighted by Crippen LogP contribution is 2.24. The second-order valence-electron chi connectivity index (χ2n) is 6.32. The van der Waals surface area contributed by atoms with Gasteiger partial charge in [-0.05, 0) is 36.4 Å². The molecule has 10 nitrogen and oxygen atoms in total. The minimum Gasteiger partial charge on any atom is -0.495 e. The lowest BCUT2D eigenvalue weighted by Crippen LogP contribution is -2.38. The van der Waals surface area contributed by atoms with E-state index in [4.69, 9.17) is 4.74 Å². The third-order valence-corrected chi connectivity index (χ3v) is 4.34. The summed E-state index contributed by atoms with van der Waals surface area (Å²) < 4.78 is 5.19. The van der Waals surface area contributed by atoms with Crippen LogP contribution >= 0.6 is 0 Å². The van der Waals surface area contributed by atoms with Crippen LogP contribution in [0.5, 0.6) is 5.75 Å². The van der Waals surface area contributed by atoms with Crippen molar-refractivity contribution in [2.45, 2.75) is 0 Å². The quantitative estimate of drug-likeness (QED) is 0.546. The van der Waals surface area contributed by atoms with Gasteiger partial charge in [0, 0.05) is 18.3 Å². The highest BCUT2D eigenvalue weighted by atomic mass is 16.5. The van der Waals surface area contributed by atoms with Crippen LogP contribution in [0.3, 0.4) is 0 Å². The molecule has 0 spiro atoms. The fourth-order valence-electron chi connectivity index (χ4n) is 2.74. The Hall–Kier alpha value is -4.21. The average molecular weight is 410 g/mol. The highest BCUT2D eigenvalue weighted by Gasteiger charge is 2.42. The zero-order valence-electron chi connectivity index (χ0n) is 16.2. The van der Waals surface area contributed by atoms with E-state index in [9.17, 15) is 24.0 Å². The van der Waals surface area contributed by atoms with E-state index in [0.717, 1.165) is 7.05 Å². The summed E-state index contributed by atoms with van der Waals surface area (Å²) >= 11 is 0. The van der Waals surface area contributed by atoms with Crippen LogP contribution in [0.1, 0.15) is 10.4 Å². The number of nitrogens with one attached hydrogen (secondary N) is 2. The molecule has 10 heteroatoms. The minimum atomic E-state index is -1.05. The van der Waals surface area contributed by atoms with Gasteiger partial charge in [0.2, 0.25) is 5.91 Å². The van der Waals surface area contributed by atoms with E-state index < -0.39 is 30.3 Å². The maximum absolute atomic E-state index is 12.4. The first-order valence-electron chi connectivity index (χ1n) is 8.79. The number of rotatable bonds is 6. The molecule has 6 amide bonds. The molecule has 1 aliphatic heterocycles. The normalized spacial score (nSPS) is 13.5. The van der Waals surface area contributed by atoms with E-state index in [0.29, 0.717) is 32.5 Å². The Morgan fingerprint density at radius 2 is 1.60 bits per heavy atom. The van der Waals surface area contributed by atoms with Gasteiger partial charge in [-0.25, -0.2) is 9.69 Å². The van der Waals surface area contributed by atoms with Gasteiger partial charge in [0.25, 0.3) is 5.91 Å².